The van der Waals surface area contributed by atoms with Crippen LogP contribution in [0.2, 0.25) is 0 Å². The van der Waals surface area contributed by atoms with Gasteiger partial charge in [0.05, 0.1) is 37.4 Å². The van der Waals surface area contributed by atoms with E-state index < -0.39 is 29.8 Å². The van der Waals surface area contributed by atoms with E-state index in [0.717, 1.165) is 0 Å². The Kier molecular flexibility index (Phi) is 15.4. The number of nitrogens with one attached hydrogen (secondary N) is 4. The maximum absolute atomic E-state index is 12.2. The van der Waals surface area contributed by atoms with E-state index in [-0.39, 0.29) is 99.2 Å². The second-order valence-corrected chi connectivity index (χ2v) is 11.4. The van der Waals surface area contributed by atoms with Gasteiger partial charge in [0, 0.05) is 50.7 Å². The Labute approximate surface area is 245 Å². The summed E-state index contributed by atoms with van der Waals surface area (Å²) in [5.41, 5.74) is 5.29. The van der Waals surface area contributed by atoms with Crippen LogP contribution in [0.3, 0.4) is 0 Å². The summed E-state index contributed by atoms with van der Waals surface area (Å²) in [5, 5.41) is 24.3. The van der Waals surface area contributed by atoms with Crippen LogP contribution in [0.1, 0.15) is 72.1 Å². The SMILES string of the molecule is CC(CC(CO)CC(CCCO)ONCNC(=O)CC1C(=O)CC(C)C1=O)ONCNC(=O)CC1C(=O)CC(C)C1=O. The van der Waals surface area contributed by atoms with E-state index in [0.29, 0.717) is 25.7 Å². The molecule has 7 atom stereocenters. The molecule has 2 rings (SSSR count). The fourth-order valence-electron chi connectivity index (χ4n) is 5.33. The highest BCUT2D eigenvalue weighted by atomic mass is 16.7. The maximum Gasteiger partial charge on any atom is 0.222 e. The zero-order chi connectivity index (χ0) is 31.2. The quantitative estimate of drug-likeness (QED) is 0.0452. The first-order valence-corrected chi connectivity index (χ1v) is 14.6. The van der Waals surface area contributed by atoms with Crippen molar-refractivity contribution in [1.29, 1.82) is 0 Å². The molecule has 14 heteroatoms. The standard InChI is InChI=1S/C28H46N4O10/c1-16-7-23(35)21(27(16)39)11-25(37)29-14-31-41-18(3)9-19(13-34)10-20(5-4-6-33)42-32-15-30-26(38)12-22-24(36)8-17(2)28(22)40/h16-22,31-34H,4-15H2,1-3H3,(H,29,37)(H,30,38). The van der Waals surface area contributed by atoms with Gasteiger partial charge in [-0.15, -0.1) is 0 Å². The van der Waals surface area contributed by atoms with Crippen LogP contribution in [-0.4, -0.2) is 83.9 Å². The van der Waals surface area contributed by atoms with Crippen molar-refractivity contribution in [3.05, 3.63) is 0 Å². The molecule has 0 radical (unpaired) electrons. The summed E-state index contributed by atoms with van der Waals surface area (Å²) >= 11 is 0. The smallest absolute Gasteiger partial charge is 0.222 e. The van der Waals surface area contributed by atoms with E-state index in [4.69, 9.17) is 9.68 Å². The van der Waals surface area contributed by atoms with E-state index >= 15 is 0 Å². The number of carbonyl (C=O) groups is 6. The summed E-state index contributed by atoms with van der Waals surface area (Å²) in [6, 6.07) is 0. The fraction of sp³-hybridized carbons (Fsp3) is 0.786. The summed E-state index contributed by atoms with van der Waals surface area (Å²) in [6.07, 6.45) is 1.03. The lowest BCUT2D eigenvalue weighted by Crippen LogP contribution is -2.39. The van der Waals surface area contributed by atoms with E-state index in [1.165, 1.54) is 0 Å². The first kappa shape index (κ1) is 35.6. The van der Waals surface area contributed by atoms with Crippen molar-refractivity contribution < 1.29 is 48.7 Å². The molecule has 2 fully saturated rings. The summed E-state index contributed by atoms with van der Waals surface area (Å²) in [5.74, 6) is -4.41. The van der Waals surface area contributed by atoms with Crippen molar-refractivity contribution in [2.24, 2.45) is 29.6 Å². The van der Waals surface area contributed by atoms with Gasteiger partial charge in [0.15, 0.2) is 0 Å². The van der Waals surface area contributed by atoms with Crippen LogP contribution in [0.4, 0.5) is 0 Å². The number of amides is 2. The lowest BCUT2D eigenvalue weighted by molar-refractivity contribution is -0.133. The molecule has 0 aromatic heterocycles. The van der Waals surface area contributed by atoms with Gasteiger partial charge >= 0.3 is 0 Å². The number of Topliss-reactive ketones (excluding diaryl/α,β-unsaturated/α-hetero) is 4. The van der Waals surface area contributed by atoms with Gasteiger partial charge < -0.3 is 20.8 Å². The molecule has 7 unspecified atom stereocenters. The van der Waals surface area contributed by atoms with E-state index in [1.54, 1.807) is 20.8 Å². The number of aliphatic hydroxyl groups is 2. The van der Waals surface area contributed by atoms with E-state index in [1.807, 2.05) is 0 Å². The molecule has 0 saturated heterocycles. The Morgan fingerprint density at radius 2 is 1.33 bits per heavy atom. The molecule has 2 amide bonds. The molecule has 2 aliphatic carbocycles. The summed E-state index contributed by atoms with van der Waals surface area (Å²) in [6.45, 7) is 4.87. The number of ketones is 4. The average molecular weight is 599 g/mol. The molecular formula is C28H46N4O10. The molecule has 42 heavy (non-hydrogen) atoms. The lowest BCUT2D eigenvalue weighted by atomic mass is 9.94. The number of rotatable bonds is 20. The Morgan fingerprint density at radius 1 is 0.833 bits per heavy atom. The third-order valence-corrected chi connectivity index (χ3v) is 7.68. The summed E-state index contributed by atoms with van der Waals surface area (Å²) < 4.78 is 0. The molecule has 0 aromatic carbocycles. The molecule has 0 bridgehead atoms. The minimum Gasteiger partial charge on any atom is -0.396 e. The third-order valence-electron chi connectivity index (χ3n) is 7.68. The van der Waals surface area contributed by atoms with E-state index in [9.17, 15) is 39.0 Å². The lowest BCUT2D eigenvalue weighted by Gasteiger charge is -2.25. The zero-order valence-corrected chi connectivity index (χ0v) is 24.7. The number of aliphatic hydroxyl groups excluding tert-OH is 2. The highest BCUT2D eigenvalue weighted by Crippen LogP contribution is 2.27. The number of carbonyl (C=O) groups excluding carboxylic acids is 6. The highest BCUT2D eigenvalue weighted by molar-refractivity contribution is 6.12. The molecule has 2 aliphatic rings. The van der Waals surface area contributed by atoms with Crippen LogP contribution in [0, 0.1) is 29.6 Å². The second-order valence-electron chi connectivity index (χ2n) is 11.4. The van der Waals surface area contributed by atoms with Gasteiger partial charge in [-0.05, 0) is 38.5 Å². The van der Waals surface area contributed by atoms with Crippen LogP contribution in [-0.2, 0) is 38.4 Å². The van der Waals surface area contributed by atoms with Gasteiger partial charge in [0.25, 0.3) is 0 Å². The minimum atomic E-state index is -0.893. The van der Waals surface area contributed by atoms with Crippen molar-refractivity contribution in [3.63, 3.8) is 0 Å². The van der Waals surface area contributed by atoms with Crippen LogP contribution in [0.5, 0.6) is 0 Å². The van der Waals surface area contributed by atoms with Crippen molar-refractivity contribution in [1.82, 2.24) is 21.6 Å². The molecule has 0 heterocycles. The summed E-state index contributed by atoms with van der Waals surface area (Å²) in [7, 11) is 0. The fourth-order valence-corrected chi connectivity index (χ4v) is 5.33. The predicted octanol–water partition coefficient (Wildman–Crippen LogP) is -0.537. The van der Waals surface area contributed by atoms with Crippen LogP contribution in [0.15, 0.2) is 0 Å². The van der Waals surface area contributed by atoms with Crippen molar-refractivity contribution in [2.45, 2.75) is 84.3 Å². The van der Waals surface area contributed by atoms with Crippen molar-refractivity contribution in [2.75, 3.05) is 26.6 Å². The first-order chi connectivity index (χ1) is 20.0. The second kappa shape index (κ2) is 18.1. The highest BCUT2D eigenvalue weighted by Gasteiger charge is 2.40. The topological polar surface area (TPSA) is 209 Å². The predicted molar refractivity (Wildman–Crippen MR) is 148 cm³/mol. The average Bonchev–Trinajstić information content (AvgIpc) is 3.33. The minimum absolute atomic E-state index is 0.0302. The number of hydrogen-bond donors (Lipinski definition) is 6. The van der Waals surface area contributed by atoms with Crippen molar-refractivity contribution >= 4 is 34.9 Å². The van der Waals surface area contributed by atoms with E-state index in [2.05, 4.69) is 21.6 Å². The Morgan fingerprint density at radius 3 is 1.76 bits per heavy atom. The Balaban J connectivity index is 1.67. The van der Waals surface area contributed by atoms with Gasteiger partial charge in [-0.25, -0.2) is 0 Å². The number of hydrogen-bond acceptors (Lipinski definition) is 12. The molecule has 0 spiro atoms. The van der Waals surface area contributed by atoms with Gasteiger partial charge in [-0.3, -0.25) is 38.4 Å². The molecule has 0 aliphatic heterocycles. The van der Waals surface area contributed by atoms with Gasteiger partial charge in [0.2, 0.25) is 11.8 Å². The molecular weight excluding hydrogens is 552 g/mol. The molecule has 14 nitrogen and oxygen atoms in total. The Bertz CT molecular complexity index is 961. The Hall–Kier alpha value is -2.62. The molecule has 6 N–H and O–H groups in total. The molecule has 238 valence electrons. The molecule has 0 aromatic rings. The van der Waals surface area contributed by atoms with Crippen LogP contribution < -0.4 is 21.6 Å². The van der Waals surface area contributed by atoms with Crippen molar-refractivity contribution in [3.8, 4) is 0 Å². The molecule has 2 saturated carbocycles. The van der Waals surface area contributed by atoms with Crippen LogP contribution in [0.25, 0.3) is 0 Å². The first-order valence-electron chi connectivity index (χ1n) is 14.6. The number of hydroxylamine groups is 2. The van der Waals surface area contributed by atoms with Gasteiger partial charge in [-0.1, -0.05) is 13.8 Å². The van der Waals surface area contributed by atoms with Gasteiger partial charge in [0.1, 0.15) is 23.1 Å². The monoisotopic (exact) mass is 598 g/mol. The van der Waals surface area contributed by atoms with Gasteiger partial charge in [-0.2, -0.15) is 11.0 Å². The third kappa shape index (κ3) is 11.6. The zero-order valence-electron chi connectivity index (χ0n) is 24.7. The normalized spacial score (nSPS) is 24.6. The summed E-state index contributed by atoms with van der Waals surface area (Å²) in [4.78, 5) is 83.3. The van der Waals surface area contributed by atoms with Crippen LogP contribution >= 0.6 is 0 Å². The largest absolute Gasteiger partial charge is 0.396 e. The maximum atomic E-state index is 12.2.